The highest BCUT2D eigenvalue weighted by Crippen LogP contribution is 2.33. The molecule has 3 aromatic rings. The maximum atomic E-state index is 13.4. The summed E-state index contributed by atoms with van der Waals surface area (Å²) >= 11 is 7.55. The minimum absolute atomic E-state index is 0.0365. The Morgan fingerprint density at radius 1 is 1.00 bits per heavy atom. The summed E-state index contributed by atoms with van der Waals surface area (Å²) in [4.78, 5) is 31.2. The molecule has 0 radical (unpaired) electrons. The molecule has 1 amide bonds. The van der Waals surface area contributed by atoms with E-state index in [1.165, 1.54) is 69.5 Å². The Morgan fingerprint density at radius 3 is 2.31 bits per heavy atom. The van der Waals surface area contributed by atoms with E-state index in [-0.39, 0.29) is 23.6 Å². The number of hydrogen-bond acceptors (Lipinski definition) is 5. The van der Waals surface area contributed by atoms with Gasteiger partial charge in [-0.2, -0.15) is 5.10 Å². The van der Waals surface area contributed by atoms with Gasteiger partial charge in [0, 0.05) is 23.2 Å². The SMILES string of the molecule is O=C(CC1CSc2nc3c(cnn3-c3ccc(Cl)cc3)c(=O)n21)NC1CCCCCCCCCCC1. The Bertz CT molecular complexity index is 1240. The topological polar surface area (TPSA) is 81.8 Å². The van der Waals surface area contributed by atoms with Crippen LogP contribution in [-0.4, -0.2) is 37.0 Å². The van der Waals surface area contributed by atoms with Gasteiger partial charge in [0.25, 0.3) is 5.56 Å². The maximum absolute atomic E-state index is 13.4. The fourth-order valence-corrected chi connectivity index (χ4v) is 6.62. The predicted molar refractivity (Wildman–Crippen MR) is 145 cm³/mol. The molecule has 1 N–H and O–H groups in total. The molecule has 9 heteroatoms. The van der Waals surface area contributed by atoms with Gasteiger partial charge in [0.05, 0.1) is 17.9 Å². The highest BCUT2D eigenvalue weighted by atomic mass is 35.5. The Kier molecular flexibility index (Phi) is 8.32. The van der Waals surface area contributed by atoms with Crippen molar-refractivity contribution in [1.82, 2.24) is 24.6 Å². The lowest BCUT2D eigenvalue weighted by atomic mass is 9.97. The van der Waals surface area contributed by atoms with Crippen molar-refractivity contribution in [3.8, 4) is 5.69 Å². The molecule has 0 saturated heterocycles. The molecule has 0 bridgehead atoms. The second-order valence-electron chi connectivity index (χ2n) is 10.0. The first kappa shape index (κ1) is 25.3. The molecule has 1 atom stereocenters. The number of thioether (sulfide) groups is 1. The molecular formula is C27H34ClN5O2S. The monoisotopic (exact) mass is 527 g/mol. The fourth-order valence-electron chi connectivity index (χ4n) is 5.36. The number of nitrogens with zero attached hydrogens (tertiary/aromatic N) is 4. The zero-order valence-electron chi connectivity index (χ0n) is 20.6. The van der Waals surface area contributed by atoms with E-state index in [1.807, 2.05) is 12.1 Å². The zero-order chi connectivity index (χ0) is 24.9. The molecule has 3 heterocycles. The summed E-state index contributed by atoms with van der Waals surface area (Å²) in [5.74, 6) is 0.704. The maximum Gasteiger partial charge on any atom is 0.265 e. The number of amides is 1. The molecular weight excluding hydrogens is 494 g/mol. The predicted octanol–water partition coefficient (Wildman–Crippen LogP) is 6.06. The molecule has 1 unspecified atom stereocenters. The molecule has 2 aliphatic rings. The molecule has 192 valence electrons. The van der Waals surface area contributed by atoms with Crippen molar-refractivity contribution >= 4 is 40.3 Å². The summed E-state index contributed by atoms with van der Waals surface area (Å²) < 4.78 is 3.36. The van der Waals surface area contributed by atoms with Gasteiger partial charge in [0.15, 0.2) is 10.8 Å². The van der Waals surface area contributed by atoms with Crippen molar-refractivity contribution in [3.63, 3.8) is 0 Å². The van der Waals surface area contributed by atoms with E-state index in [9.17, 15) is 9.59 Å². The zero-order valence-corrected chi connectivity index (χ0v) is 22.2. The number of aromatic nitrogens is 4. The average molecular weight is 528 g/mol. The minimum Gasteiger partial charge on any atom is -0.353 e. The summed E-state index contributed by atoms with van der Waals surface area (Å²) in [5, 5.41) is 9.46. The Balaban J connectivity index is 1.29. The van der Waals surface area contributed by atoms with Crippen LogP contribution in [0.2, 0.25) is 5.02 Å². The van der Waals surface area contributed by atoms with Crippen LogP contribution in [0.1, 0.15) is 83.1 Å². The molecule has 36 heavy (non-hydrogen) atoms. The lowest BCUT2D eigenvalue weighted by Gasteiger charge is -2.21. The first-order valence-corrected chi connectivity index (χ1v) is 14.6. The smallest absolute Gasteiger partial charge is 0.265 e. The first-order valence-electron chi connectivity index (χ1n) is 13.3. The van der Waals surface area contributed by atoms with Crippen LogP contribution in [0.4, 0.5) is 0 Å². The van der Waals surface area contributed by atoms with Gasteiger partial charge in [-0.15, -0.1) is 0 Å². The molecule has 2 aromatic heterocycles. The summed E-state index contributed by atoms with van der Waals surface area (Å²) in [6.45, 7) is 0. The van der Waals surface area contributed by atoms with Crippen LogP contribution in [0.15, 0.2) is 40.4 Å². The van der Waals surface area contributed by atoms with Crippen molar-refractivity contribution < 1.29 is 4.79 Å². The van der Waals surface area contributed by atoms with Crippen molar-refractivity contribution in [3.05, 3.63) is 45.8 Å². The highest BCUT2D eigenvalue weighted by molar-refractivity contribution is 7.99. The Labute approximate surface area is 221 Å². The van der Waals surface area contributed by atoms with Gasteiger partial charge >= 0.3 is 0 Å². The first-order chi connectivity index (χ1) is 17.6. The van der Waals surface area contributed by atoms with Gasteiger partial charge < -0.3 is 5.32 Å². The van der Waals surface area contributed by atoms with Crippen LogP contribution < -0.4 is 10.9 Å². The average Bonchev–Trinajstić information content (AvgIpc) is 3.46. The largest absolute Gasteiger partial charge is 0.353 e. The third-order valence-electron chi connectivity index (χ3n) is 7.33. The number of carbonyl (C=O) groups is 1. The van der Waals surface area contributed by atoms with E-state index < -0.39 is 0 Å². The van der Waals surface area contributed by atoms with Gasteiger partial charge in [-0.1, -0.05) is 81.2 Å². The van der Waals surface area contributed by atoms with E-state index in [4.69, 9.17) is 16.6 Å². The minimum atomic E-state index is -0.195. The number of rotatable bonds is 4. The molecule has 1 fully saturated rings. The lowest BCUT2D eigenvalue weighted by Crippen LogP contribution is -2.37. The van der Waals surface area contributed by atoms with Crippen molar-refractivity contribution in [1.29, 1.82) is 0 Å². The summed E-state index contributed by atoms with van der Waals surface area (Å²) in [6, 6.07) is 7.32. The summed E-state index contributed by atoms with van der Waals surface area (Å²) in [6.07, 6.45) is 15.5. The number of halogens is 1. The van der Waals surface area contributed by atoms with Gasteiger partial charge in [-0.25, -0.2) is 9.67 Å². The molecule has 1 aliphatic heterocycles. The molecule has 1 saturated carbocycles. The van der Waals surface area contributed by atoms with Gasteiger partial charge in [0.1, 0.15) is 5.39 Å². The number of benzene rings is 1. The van der Waals surface area contributed by atoms with E-state index in [2.05, 4.69) is 10.4 Å². The van der Waals surface area contributed by atoms with E-state index >= 15 is 0 Å². The van der Waals surface area contributed by atoms with E-state index in [0.29, 0.717) is 33.4 Å². The highest BCUT2D eigenvalue weighted by Gasteiger charge is 2.30. The normalized spacial score (nSPS) is 20.0. The summed E-state index contributed by atoms with van der Waals surface area (Å²) in [5.41, 5.74) is 1.19. The van der Waals surface area contributed by atoms with Crippen molar-refractivity contribution in [2.45, 2.75) is 94.3 Å². The second kappa shape index (κ2) is 11.8. The molecule has 0 spiro atoms. The fraction of sp³-hybridized carbons (Fsp3) is 0.556. The van der Waals surface area contributed by atoms with Crippen molar-refractivity contribution in [2.75, 3.05) is 5.75 Å². The number of fused-ring (bicyclic) bond motifs is 2. The van der Waals surface area contributed by atoms with Crippen LogP contribution in [0.5, 0.6) is 0 Å². The quantitative estimate of drug-likeness (QED) is 0.417. The van der Waals surface area contributed by atoms with Gasteiger partial charge in [0.2, 0.25) is 5.91 Å². The third-order valence-corrected chi connectivity index (χ3v) is 8.68. The molecule has 7 nitrogen and oxygen atoms in total. The third kappa shape index (κ3) is 5.80. The van der Waals surface area contributed by atoms with Crippen LogP contribution in [0.3, 0.4) is 0 Å². The van der Waals surface area contributed by atoms with Crippen LogP contribution >= 0.6 is 23.4 Å². The van der Waals surface area contributed by atoms with Gasteiger partial charge in [-0.3, -0.25) is 14.2 Å². The van der Waals surface area contributed by atoms with Gasteiger partial charge in [-0.05, 0) is 37.1 Å². The van der Waals surface area contributed by atoms with Crippen molar-refractivity contribution in [2.24, 2.45) is 0 Å². The van der Waals surface area contributed by atoms with Crippen LogP contribution in [-0.2, 0) is 4.79 Å². The lowest BCUT2D eigenvalue weighted by molar-refractivity contribution is -0.122. The molecule has 5 rings (SSSR count). The number of carbonyl (C=O) groups excluding carboxylic acids is 1. The molecule has 1 aromatic carbocycles. The van der Waals surface area contributed by atoms with Crippen LogP contribution in [0, 0.1) is 0 Å². The Morgan fingerprint density at radius 2 is 1.64 bits per heavy atom. The summed E-state index contributed by atoms with van der Waals surface area (Å²) in [7, 11) is 0. The molecule has 1 aliphatic carbocycles. The van der Waals surface area contributed by atoms with E-state index in [0.717, 1.165) is 18.5 Å². The van der Waals surface area contributed by atoms with E-state index in [1.54, 1.807) is 27.6 Å². The Hall–Kier alpha value is -2.32. The van der Waals surface area contributed by atoms with Crippen LogP contribution in [0.25, 0.3) is 16.7 Å². The standard InChI is InChI=1S/C27H34ClN5O2S/c28-19-12-14-21(15-13-19)33-25-23(17-29-33)26(35)32-22(18-36-27(32)31-25)16-24(34)30-20-10-8-6-4-2-1-3-5-7-9-11-20/h12-15,17,20,22H,1-11,16,18H2,(H,30,34). The number of nitrogens with one attached hydrogen (secondary N) is 1. The number of hydrogen-bond donors (Lipinski definition) is 1. The second-order valence-corrected chi connectivity index (χ2v) is 11.5.